The molecule has 1 amide bonds. The van der Waals surface area contributed by atoms with Crippen molar-refractivity contribution in [2.24, 2.45) is 0 Å². The average molecular weight is 499 g/mol. The molecule has 0 saturated carbocycles. The van der Waals surface area contributed by atoms with E-state index in [2.05, 4.69) is 10.3 Å². The first-order valence-corrected chi connectivity index (χ1v) is 12.1. The largest absolute Gasteiger partial charge is 0.497 e. The molecule has 0 aliphatic rings. The molecule has 9 heteroatoms. The first-order chi connectivity index (χ1) is 17.6. The lowest BCUT2D eigenvalue weighted by Crippen LogP contribution is -2.21. The zero-order valence-electron chi connectivity index (χ0n) is 19.6. The van der Waals surface area contributed by atoms with Gasteiger partial charge in [0.2, 0.25) is 0 Å². The van der Waals surface area contributed by atoms with Crippen LogP contribution in [0, 0.1) is 0 Å². The number of nitrogens with one attached hydrogen (secondary N) is 1. The van der Waals surface area contributed by atoms with Crippen molar-refractivity contribution in [3.8, 4) is 33.4 Å². The summed E-state index contributed by atoms with van der Waals surface area (Å²) in [5.74, 6) is 1.01. The molecule has 2 aromatic heterocycles. The average Bonchev–Trinajstić information content (AvgIpc) is 3.32. The molecule has 5 rings (SSSR count). The number of thiazole rings is 1. The van der Waals surface area contributed by atoms with E-state index in [0.29, 0.717) is 43.9 Å². The Morgan fingerprint density at radius 2 is 1.78 bits per heavy atom. The molecule has 0 radical (unpaired) electrons. The number of fused-ring (bicyclic) bond motifs is 1. The summed E-state index contributed by atoms with van der Waals surface area (Å²) in [6, 6.07) is 24.0. The third-order valence-electron chi connectivity index (χ3n) is 5.45. The zero-order valence-corrected chi connectivity index (χ0v) is 20.4. The van der Waals surface area contributed by atoms with Gasteiger partial charge in [-0.1, -0.05) is 59.9 Å². The second kappa shape index (κ2) is 10.0. The lowest BCUT2D eigenvalue weighted by atomic mass is 10.1. The Balaban J connectivity index is 1.81. The lowest BCUT2D eigenvalue weighted by molar-refractivity contribution is 0.168. The van der Waals surface area contributed by atoms with Crippen LogP contribution < -0.4 is 15.6 Å². The number of carbonyl (C=O) groups excluding carboxylic acids is 1. The second-order valence-electron chi connectivity index (χ2n) is 7.70. The monoisotopic (exact) mass is 498 g/mol. The number of rotatable bonds is 6. The molecule has 180 valence electrons. The minimum Gasteiger partial charge on any atom is -0.497 e. The maximum Gasteiger partial charge on any atom is 0.413 e. The third kappa shape index (κ3) is 4.44. The van der Waals surface area contributed by atoms with E-state index in [0.717, 1.165) is 5.56 Å². The zero-order chi connectivity index (χ0) is 25.1. The second-order valence-corrected chi connectivity index (χ2v) is 8.70. The highest BCUT2D eigenvalue weighted by Gasteiger charge is 2.23. The Morgan fingerprint density at radius 3 is 2.56 bits per heavy atom. The van der Waals surface area contributed by atoms with Crippen molar-refractivity contribution in [1.29, 1.82) is 0 Å². The van der Waals surface area contributed by atoms with Crippen LogP contribution in [0.25, 0.3) is 38.5 Å². The van der Waals surface area contributed by atoms with E-state index >= 15 is 0 Å². The Hall–Kier alpha value is -4.50. The number of para-hydroxylation sites is 1. The van der Waals surface area contributed by atoms with Gasteiger partial charge in [0.1, 0.15) is 10.6 Å². The molecule has 0 fully saturated rings. The van der Waals surface area contributed by atoms with E-state index < -0.39 is 6.09 Å². The normalized spacial score (nSPS) is 10.8. The van der Waals surface area contributed by atoms with Crippen LogP contribution in [0.4, 0.5) is 9.93 Å². The standard InChI is InChI=1S/C27H22N4O4S/c1-3-35-27(33)30-26-29-22(17-10-5-4-6-11-17)23(36-26)24-28-21-15-8-7-14-20(21)25(32)31(24)18-12-9-13-19(16-18)34-2/h4-16H,3H2,1-2H3,(H,29,30,33). The van der Waals surface area contributed by atoms with Gasteiger partial charge in [0.25, 0.3) is 5.56 Å². The topological polar surface area (TPSA) is 95.3 Å². The minimum atomic E-state index is -0.603. The first-order valence-electron chi connectivity index (χ1n) is 11.3. The summed E-state index contributed by atoms with van der Waals surface area (Å²) in [5, 5.41) is 3.50. The van der Waals surface area contributed by atoms with Crippen LogP contribution in [-0.2, 0) is 4.74 Å². The van der Waals surface area contributed by atoms with Gasteiger partial charge in [0.15, 0.2) is 11.0 Å². The number of hydrogen-bond donors (Lipinski definition) is 1. The number of amides is 1. The molecule has 0 atom stereocenters. The van der Waals surface area contributed by atoms with Crippen LogP contribution in [0.3, 0.4) is 0 Å². The van der Waals surface area contributed by atoms with E-state index in [1.807, 2.05) is 60.7 Å². The molecule has 0 aliphatic heterocycles. The van der Waals surface area contributed by atoms with Crippen molar-refractivity contribution in [2.75, 3.05) is 19.0 Å². The van der Waals surface area contributed by atoms with E-state index in [-0.39, 0.29) is 12.2 Å². The number of benzene rings is 3. The molecule has 0 saturated heterocycles. The number of anilines is 1. The predicted octanol–water partition coefficient (Wildman–Crippen LogP) is 5.75. The van der Waals surface area contributed by atoms with Crippen LogP contribution in [0.5, 0.6) is 5.75 Å². The molecule has 0 spiro atoms. The van der Waals surface area contributed by atoms with Crippen LogP contribution in [0.2, 0.25) is 0 Å². The van der Waals surface area contributed by atoms with Gasteiger partial charge in [0.05, 0.1) is 36.0 Å². The third-order valence-corrected chi connectivity index (χ3v) is 6.42. The number of ether oxygens (including phenoxy) is 2. The first kappa shape index (κ1) is 23.3. The highest BCUT2D eigenvalue weighted by atomic mass is 32.1. The molecule has 8 nitrogen and oxygen atoms in total. The predicted molar refractivity (Wildman–Crippen MR) is 141 cm³/mol. The molecule has 36 heavy (non-hydrogen) atoms. The van der Waals surface area contributed by atoms with Gasteiger partial charge in [0, 0.05) is 11.6 Å². The number of aromatic nitrogens is 3. The Morgan fingerprint density at radius 1 is 1.00 bits per heavy atom. The van der Waals surface area contributed by atoms with Gasteiger partial charge in [-0.2, -0.15) is 0 Å². The maximum absolute atomic E-state index is 13.8. The van der Waals surface area contributed by atoms with Gasteiger partial charge in [-0.05, 0) is 31.2 Å². The molecular weight excluding hydrogens is 476 g/mol. The van der Waals surface area contributed by atoms with Crippen molar-refractivity contribution in [3.05, 3.63) is 89.2 Å². The van der Waals surface area contributed by atoms with Crippen LogP contribution in [0.1, 0.15) is 6.92 Å². The van der Waals surface area contributed by atoms with Crippen molar-refractivity contribution >= 4 is 33.5 Å². The summed E-state index contributed by atoms with van der Waals surface area (Å²) in [6.45, 7) is 1.96. The van der Waals surface area contributed by atoms with E-state index in [1.165, 1.54) is 11.3 Å². The van der Waals surface area contributed by atoms with E-state index in [9.17, 15) is 9.59 Å². The molecule has 1 N–H and O–H groups in total. The summed E-state index contributed by atoms with van der Waals surface area (Å²) in [7, 11) is 1.57. The molecule has 0 unspecified atom stereocenters. The van der Waals surface area contributed by atoms with Crippen molar-refractivity contribution in [1.82, 2.24) is 14.5 Å². The molecule has 0 bridgehead atoms. The van der Waals surface area contributed by atoms with Crippen LogP contribution in [0.15, 0.2) is 83.7 Å². The Bertz CT molecular complexity index is 1610. The van der Waals surface area contributed by atoms with Gasteiger partial charge in [-0.25, -0.2) is 14.8 Å². The molecule has 5 aromatic rings. The van der Waals surface area contributed by atoms with Crippen molar-refractivity contribution < 1.29 is 14.3 Å². The van der Waals surface area contributed by atoms with Crippen molar-refractivity contribution in [3.63, 3.8) is 0 Å². The fraction of sp³-hybridized carbons (Fsp3) is 0.111. The summed E-state index contributed by atoms with van der Waals surface area (Å²) in [4.78, 5) is 36.2. The highest BCUT2D eigenvalue weighted by molar-refractivity contribution is 7.19. The highest BCUT2D eigenvalue weighted by Crippen LogP contribution is 2.39. The number of carbonyl (C=O) groups is 1. The van der Waals surface area contributed by atoms with Gasteiger partial charge in [-0.3, -0.25) is 14.7 Å². The summed E-state index contributed by atoms with van der Waals surface area (Å²) < 4.78 is 12.0. The van der Waals surface area contributed by atoms with Gasteiger partial charge >= 0.3 is 6.09 Å². The summed E-state index contributed by atoms with van der Waals surface area (Å²) in [6.07, 6.45) is -0.603. The quantitative estimate of drug-likeness (QED) is 0.320. The fourth-order valence-electron chi connectivity index (χ4n) is 3.85. The Labute approximate surface area is 210 Å². The fourth-order valence-corrected chi connectivity index (χ4v) is 4.80. The lowest BCUT2D eigenvalue weighted by Gasteiger charge is -2.14. The Kier molecular flexibility index (Phi) is 6.46. The minimum absolute atomic E-state index is 0.226. The SMILES string of the molecule is CCOC(=O)Nc1nc(-c2ccccc2)c(-c2nc3ccccc3c(=O)n2-c2cccc(OC)c2)s1. The van der Waals surface area contributed by atoms with Crippen molar-refractivity contribution in [2.45, 2.75) is 6.92 Å². The molecule has 3 aromatic carbocycles. The molecule has 2 heterocycles. The maximum atomic E-state index is 13.8. The van der Waals surface area contributed by atoms with Crippen LogP contribution >= 0.6 is 11.3 Å². The van der Waals surface area contributed by atoms with Crippen LogP contribution in [-0.4, -0.2) is 34.3 Å². The molecular formula is C27H22N4O4S. The summed E-state index contributed by atoms with van der Waals surface area (Å²) in [5.41, 5.74) is 2.34. The van der Waals surface area contributed by atoms with E-state index in [1.54, 1.807) is 36.8 Å². The van der Waals surface area contributed by atoms with Gasteiger partial charge < -0.3 is 9.47 Å². The summed E-state index contributed by atoms with van der Waals surface area (Å²) >= 11 is 1.22. The van der Waals surface area contributed by atoms with E-state index in [4.69, 9.17) is 14.5 Å². The van der Waals surface area contributed by atoms with Gasteiger partial charge in [-0.15, -0.1) is 0 Å². The number of nitrogens with zero attached hydrogens (tertiary/aromatic N) is 3. The number of methoxy groups -OCH3 is 1. The smallest absolute Gasteiger partial charge is 0.413 e. The molecule has 0 aliphatic carbocycles. The number of hydrogen-bond acceptors (Lipinski definition) is 7.